The Morgan fingerprint density at radius 1 is 1.15 bits per heavy atom. The highest BCUT2D eigenvalue weighted by molar-refractivity contribution is 5.76. The maximum atomic E-state index is 12.1. The van der Waals surface area contributed by atoms with Gasteiger partial charge in [0.25, 0.3) is 10.9 Å². The standard InChI is InChI=1S/C21H26N2O4/c1-3-27-21(26)16-9-12-23(13-10-16)18-17(19(24)20(18)25)22-11-8-15-6-4-14(2)5-7-15/h4-7,16,22H,3,8-13H2,1-2H3. The monoisotopic (exact) mass is 370 g/mol. The molecule has 0 saturated carbocycles. The van der Waals surface area contributed by atoms with Gasteiger partial charge in [-0.05, 0) is 38.7 Å². The lowest BCUT2D eigenvalue weighted by Gasteiger charge is -2.34. The summed E-state index contributed by atoms with van der Waals surface area (Å²) in [5.74, 6) is -0.288. The van der Waals surface area contributed by atoms with Gasteiger partial charge >= 0.3 is 5.97 Å². The van der Waals surface area contributed by atoms with Gasteiger partial charge < -0.3 is 15.0 Å². The molecular formula is C21H26N2O4. The van der Waals surface area contributed by atoms with Gasteiger partial charge in [-0.25, -0.2) is 0 Å². The van der Waals surface area contributed by atoms with E-state index in [0.717, 1.165) is 6.42 Å². The molecule has 0 amide bonds. The average Bonchev–Trinajstić information content (AvgIpc) is 2.68. The van der Waals surface area contributed by atoms with Gasteiger partial charge in [0, 0.05) is 19.6 Å². The SMILES string of the molecule is CCOC(=O)C1CCN(c2c(NCCc3ccc(C)cc3)c(=O)c2=O)CC1. The number of rotatable bonds is 7. The van der Waals surface area contributed by atoms with E-state index in [0.29, 0.717) is 50.5 Å². The Kier molecular flexibility index (Phi) is 5.94. The van der Waals surface area contributed by atoms with E-state index in [9.17, 15) is 14.4 Å². The van der Waals surface area contributed by atoms with Gasteiger partial charge in [-0.2, -0.15) is 0 Å². The van der Waals surface area contributed by atoms with Crippen molar-refractivity contribution in [2.45, 2.75) is 33.1 Å². The largest absolute Gasteiger partial charge is 0.466 e. The number of benzene rings is 1. The van der Waals surface area contributed by atoms with Crippen molar-refractivity contribution in [1.29, 1.82) is 0 Å². The third-order valence-electron chi connectivity index (χ3n) is 5.15. The third-order valence-corrected chi connectivity index (χ3v) is 5.15. The zero-order valence-electron chi connectivity index (χ0n) is 15.9. The van der Waals surface area contributed by atoms with Crippen LogP contribution in [0.4, 0.5) is 11.4 Å². The molecule has 2 aromatic rings. The minimum atomic E-state index is -0.443. The van der Waals surface area contributed by atoms with E-state index in [1.165, 1.54) is 11.1 Å². The van der Waals surface area contributed by atoms with Crippen LogP contribution in [0.15, 0.2) is 33.9 Å². The molecule has 0 aliphatic carbocycles. The Balaban J connectivity index is 1.57. The molecule has 0 spiro atoms. The fourth-order valence-electron chi connectivity index (χ4n) is 3.53. The number of carbonyl (C=O) groups excluding carboxylic acids is 1. The van der Waals surface area contributed by atoms with Crippen molar-refractivity contribution < 1.29 is 9.53 Å². The fourth-order valence-corrected chi connectivity index (χ4v) is 3.53. The molecule has 1 N–H and O–H groups in total. The molecule has 3 rings (SSSR count). The molecule has 0 aromatic heterocycles. The highest BCUT2D eigenvalue weighted by Crippen LogP contribution is 2.27. The molecule has 1 aliphatic rings. The van der Waals surface area contributed by atoms with E-state index in [2.05, 4.69) is 29.6 Å². The lowest BCUT2D eigenvalue weighted by atomic mass is 9.96. The van der Waals surface area contributed by atoms with Crippen molar-refractivity contribution in [2.75, 3.05) is 36.5 Å². The van der Waals surface area contributed by atoms with Crippen LogP contribution in [-0.2, 0) is 16.0 Å². The first-order chi connectivity index (χ1) is 13.0. The van der Waals surface area contributed by atoms with Gasteiger partial charge in [0.1, 0.15) is 11.4 Å². The van der Waals surface area contributed by atoms with E-state index in [4.69, 9.17) is 4.74 Å². The van der Waals surface area contributed by atoms with Gasteiger partial charge in [0.2, 0.25) is 0 Å². The van der Waals surface area contributed by atoms with E-state index in [1.807, 2.05) is 11.8 Å². The highest BCUT2D eigenvalue weighted by atomic mass is 16.5. The minimum Gasteiger partial charge on any atom is -0.466 e. The summed E-state index contributed by atoms with van der Waals surface area (Å²) in [4.78, 5) is 37.8. The number of nitrogens with zero attached hydrogens (tertiary/aromatic N) is 1. The number of carbonyl (C=O) groups is 1. The molecule has 0 unspecified atom stereocenters. The smallest absolute Gasteiger partial charge is 0.309 e. The maximum absolute atomic E-state index is 12.1. The summed E-state index contributed by atoms with van der Waals surface area (Å²) in [7, 11) is 0. The third kappa shape index (κ3) is 4.21. The van der Waals surface area contributed by atoms with Gasteiger partial charge in [0.15, 0.2) is 0 Å². The number of piperidine rings is 1. The van der Waals surface area contributed by atoms with E-state index in [1.54, 1.807) is 6.92 Å². The molecule has 1 fully saturated rings. The molecule has 0 atom stereocenters. The fraction of sp³-hybridized carbons (Fsp3) is 0.476. The Labute approximate surface area is 158 Å². The lowest BCUT2D eigenvalue weighted by Crippen LogP contribution is -2.46. The van der Waals surface area contributed by atoms with E-state index >= 15 is 0 Å². The first kappa shape index (κ1) is 19.1. The average molecular weight is 370 g/mol. The van der Waals surface area contributed by atoms with Crippen molar-refractivity contribution in [3.8, 4) is 0 Å². The van der Waals surface area contributed by atoms with Crippen LogP contribution in [0, 0.1) is 12.8 Å². The predicted molar refractivity (Wildman–Crippen MR) is 106 cm³/mol. The Bertz CT molecular complexity index is 857. The van der Waals surface area contributed by atoms with Crippen LogP contribution in [0.1, 0.15) is 30.9 Å². The summed E-state index contributed by atoms with van der Waals surface area (Å²) in [6.45, 7) is 5.99. The number of ether oxygens (including phenoxy) is 1. The summed E-state index contributed by atoms with van der Waals surface area (Å²) in [6.07, 6.45) is 2.06. The molecule has 144 valence electrons. The van der Waals surface area contributed by atoms with Crippen molar-refractivity contribution >= 4 is 17.3 Å². The normalized spacial score (nSPS) is 15.1. The second-order valence-corrected chi connectivity index (χ2v) is 7.06. The summed E-state index contributed by atoms with van der Waals surface area (Å²) in [6, 6.07) is 8.26. The first-order valence-corrected chi connectivity index (χ1v) is 9.55. The van der Waals surface area contributed by atoms with Crippen molar-refractivity contribution in [3.05, 3.63) is 55.8 Å². The molecule has 1 aliphatic heterocycles. The zero-order chi connectivity index (χ0) is 19.4. The van der Waals surface area contributed by atoms with Crippen LogP contribution < -0.4 is 21.1 Å². The van der Waals surface area contributed by atoms with Crippen LogP contribution in [0.2, 0.25) is 0 Å². The molecule has 6 heteroatoms. The maximum Gasteiger partial charge on any atom is 0.309 e. The molecule has 6 nitrogen and oxygen atoms in total. The van der Waals surface area contributed by atoms with Crippen molar-refractivity contribution in [1.82, 2.24) is 0 Å². The van der Waals surface area contributed by atoms with Gasteiger partial charge in [-0.1, -0.05) is 29.8 Å². The number of hydrogen-bond donors (Lipinski definition) is 1. The molecule has 2 aromatic carbocycles. The highest BCUT2D eigenvalue weighted by Gasteiger charge is 2.31. The van der Waals surface area contributed by atoms with Crippen LogP contribution in [0.25, 0.3) is 0 Å². The van der Waals surface area contributed by atoms with Crippen LogP contribution in [0.5, 0.6) is 0 Å². The van der Waals surface area contributed by atoms with E-state index in [-0.39, 0.29) is 11.9 Å². The van der Waals surface area contributed by atoms with Crippen LogP contribution in [-0.4, -0.2) is 32.2 Å². The first-order valence-electron chi connectivity index (χ1n) is 9.55. The molecule has 0 bridgehead atoms. The molecular weight excluding hydrogens is 344 g/mol. The Morgan fingerprint density at radius 2 is 1.81 bits per heavy atom. The van der Waals surface area contributed by atoms with Crippen molar-refractivity contribution in [2.24, 2.45) is 5.92 Å². The predicted octanol–water partition coefficient (Wildman–Crippen LogP) is 2.03. The zero-order valence-corrected chi connectivity index (χ0v) is 15.9. The van der Waals surface area contributed by atoms with E-state index < -0.39 is 10.9 Å². The topological polar surface area (TPSA) is 75.7 Å². The van der Waals surface area contributed by atoms with Crippen LogP contribution >= 0.6 is 0 Å². The number of esters is 1. The number of anilines is 2. The quantitative estimate of drug-likeness (QED) is 0.594. The Hall–Kier alpha value is -2.63. The number of nitrogens with one attached hydrogen (secondary N) is 1. The van der Waals surface area contributed by atoms with Gasteiger partial charge in [0.05, 0.1) is 12.5 Å². The second kappa shape index (κ2) is 8.37. The molecule has 1 saturated heterocycles. The summed E-state index contributed by atoms with van der Waals surface area (Å²) in [5, 5.41) is 3.14. The molecule has 0 radical (unpaired) electrons. The lowest BCUT2D eigenvalue weighted by molar-refractivity contribution is -0.148. The summed E-state index contributed by atoms with van der Waals surface area (Å²) < 4.78 is 5.08. The number of aryl methyl sites for hydroxylation is 1. The molecule has 1 heterocycles. The van der Waals surface area contributed by atoms with Crippen molar-refractivity contribution in [3.63, 3.8) is 0 Å². The van der Waals surface area contributed by atoms with Crippen LogP contribution in [0.3, 0.4) is 0 Å². The van der Waals surface area contributed by atoms with Gasteiger partial charge in [-0.3, -0.25) is 14.4 Å². The minimum absolute atomic E-state index is 0.120. The Morgan fingerprint density at radius 3 is 2.44 bits per heavy atom. The van der Waals surface area contributed by atoms with Gasteiger partial charge in [-0.15, -0.1) is 0 Å². The second-order valence-electron chi connectivity index (χ2n) is 7.06. The molecule has 27 heavy (non-hydrogen) atoms. The summed E-state index contributed by atoms with van der Waals surface area (Å²) in [5.41, 5.74) is 2.42. The number of hydrogen-bond acceptors (Lipinski definition) is 6. The summed E-state index contributed by atoms with van der Waals surface area (Å²) >= 11 is 0.